The summed E-state index contributed by atoms with van der Waals surface area (Å²) >= 11 is 0. The van der Waals surface area contributed by atoms with E-state index in [4.69, 9.17) is 19.2 Å². The van der Waals surface area contributed by atoms with Gasteiger partial charge in [-0.2, -0.15) is 0 Å². The van der Waals surface area contributed by atoms with E-state index in [1.54, 1.807) is 0 Å². The monoisotopic (exact) mass is 292 g/mol. The van der Waals surface area contributed by atoms with E-state index in [1.165, 1.54) is 6.92 Å². The Morgan fingerprint density at radius 3 is 3.05 bits per heavy atom. The molecule has 0 saturated carbocycles. The third-order valence-corrected chi connectivity index (χ3v) is 4.27. The summed E-state index contributed by atoms with van der Waals surface area (Å²) in [6, 6.07) is 7.59. The molecule has 2 fully saturated rings. The van der Waals surface area contributed by atoms with Gasteiger partial charge in [0.15, 0.2) is 6.29 Å². The number of hydrogen-bond donors (Lipinski definition) is 0. The van der Waals surface area contributed by atoms with Crippen LogP contribution in [0.5, 0.6) is 5.75 Å². The summed E-state index contributed by atoms with van der Waals surface area (Å²) in [4.78, 5) is 21.9. The maximum Gasteiger partial charge on any atom is 0.308 e. The van der Waals surface area contributed by atoms with E-state index >= 15 is 0 Å². The van der Waals surface area contributed by atoms with Crippen LogP contribution in [0.15, 0.2) is 24.3 Å². The van der Waals surface area contributed by atoms with Gasteiger partial charge in [0.05, 0.1) is 6.61 Å². The quantitative estimate of drug-likeness (QED) is 0.485. The Morgan fingerprint density at radius 2 is 2.24 bits per heavy atom. The van der Waals surface area contributed by atoms with Crippen molar-refractivity contribution in [2.75, 3.05) is 6.61 Å². The molecule has 114 valence electrons. The number of ether oxygens (including phenoxy) is 2. The molecule has 0 radical (unpaired) electrons. The molecule has 0 N–H and O–H groups in total. The molecule has 3 rings (SSSR count). The largest absolute Gasteiger partial charge is 0.426 e. The van der Waals surface area contributed by atoms with Crippen LogP contribution < -0.4 is 4.74 Å². The first kappa shape index (κ1) is 14.5. The first-order valence-electron chi connectivity index (χ1n) is 7.31. The third kappa shape index (κ3) is 2.95. The predicted molar refractivity (Wildman–Crippen MR) is 74.5 cm³/mol. The number of fused-ring (bicyclic) bond motifs is 1. The molecular formula is C16H20O5. The number of hydrogen-bond acceptors (Lipinski definition) is 5. The van der Waals surface area contributed by atoms with Crippen LogP contribution in [-0.4, -0.2) is 24.5 Å². The number of carbonyl (C=O) groups is 1. The van der Waals surface area contributed by atoms with Gasteiger partial charge in [0.1, 0.15) is 11.4 Å². The molecule has 5 heteroatoms. The third-order valence-electron chi connectivity index (χ3n) is 4.27. The molecule has 2 aliphatic rings. The fourth-order valence-corrected chi connectivity index (χ4v) is 3.05. The molecule has 2 aliphatic heterocycles. The van der Waals surface area contributed by atoms with Crippen molar-refractivity contribution in [1.82, 2.24) is 0 Å². The minimum absolute atomic E-state index is 0.237. The predicted octanol–water partition coefficient (Wildman–Crippen LogP) is 2.63. The van der Waals surface area contributed by atoms with Gasteiger partial charge in [0.25, 0.3) is 0 Å². The molecule has 0 aromatic heterocycles. The number of para-hydroxylation sites is 1. The number of benzene rings is 1. The van der Waals surface area contributed by atoms with Gasteiger partial charge < -0.3 is 9.47 Å². The van der Waals surface area contributed by atoms with Crippen LogP contribution in [-0.2, 0) is 25.7 Å². The van der Waals surface area contributed by atoms with Crippen molar-refractivity contribution in [3.05, 3.63) is 29.8 Å². The average Bonchev–Trinajstić information content (AvgIpc) is 3.03. The standard InChI is InChI=1S/C16H20O5/c1-11(17)19-14-6-4-3-5-12(14)7-9-16(2)13-8-10-18-15(13)20-21-16/h3-6,13,15H,7-10H2,1-2H3/t13-,15-,16+/m1/s1. The van der Waals surface area contributed by atoms with Crippen LogP contribution in [0.1, 0.15) is 32.3 Å². The normalized spacial score (nSPS) is 31.1. The van der Waals surface area contributed by atoms with Crippen LogP contribution in [0, 0.1) is 5.92 Å². The maximum atomic E-state index is 11.2. The summed E-state index contributed by atoms with van der Waals surface area (Å²) in [6.07, 6.45) is 2.26. The molecule has 0 bridgehead atoms. The van der Waals surface area contributed by atoms with Gasteiger partial charge in [-0.15, -0.1) is 0 Å². The van der Waals surface area contributed by atoms with Crippen LogP contribution in [0.2, 0.25) is 0 Å². The van der Waals surface area contributed by atoms with Crippen molar-refractivity contribution >= 4 is 5.97 Å². The van der Waals surface area contributed by atoms with Gasteiger partial charge in [-0.1, -0.05) is 18.2 Å². The highest BCUT2D eigenvalue weighted by Crippen LogP contribution is 2.43. The first-order chi connectivity index (χ1) is 10.1. The van der Waals surface area contributed by atoms with Crippen LogP contribution in [0.25, 0.3) is 0 Å². The van der Waals surface area contributed by atoms with Crippen molar-refractivity contribution in [3.8, 4) is 5.75 Å². The van der Waals surface area contributed by atoms with E-state index in [2.05, 4.69) is 6.92 Å². The summed E-state index contributed by atoms with van der Waals surface area (Å²) in [5, 5.41) is 0. The second-order valence-corrected chi connectivity index (χ2v) is 5.83. The molecule has 1 aromatic rings. The van der Waals surface area contributed by atoms with E-state index in [0.29, 0.717) is 5.75 Å². The summed E-state index contributed by atoms with van der Waals surface area (Å²) in [5.74, 6) is 0.573. The van der Waals surface area contributed by atoms with Crippen molar-refractivity contribution in [3.63, 3.8) is 0 Å². The summed E-state index contributed by atoms with van der Waals surface area (Å²) < 4.78 is 10.7. The van der Waals surface area contributed by atoms with Gasteiger partial charge in [-0.25, -0.2) is 9.78 Å². The van der Waals surface area contributed by atoms with Gasteiger partial charge in [0.2, 0.25) is 0 Å². The zero-order valence-electron chi connectivity index (χ0n) is 12.3. The van der Waals surface area contributed by atoms with Gasteiger partial charge in [-0.05, 0) is 37.8 Å². The van der Waals surface area contributed by atoms with Crippen molar-refractivity contribution in [2.24, 2.45) is 5.92 Å². The topological polar surface area (TPSA) is 54.0 Å². The lowest BCUT2D eigenvalue weighted by Crippen LogP contribution is -2.33. The fraction of sp³-hybridized carbons (Fsp3) is 0.562. The Labute approximate surface area is 124 Å². The second-order valence-electron chi connectivity index (χ2n) is 5.83. The van der Waals surface area contributed by atoms with Crippen molar-refractivity contribution in [2.45, 2.75) is 45.0 Å². The zero-order chi connectivity index (χ0) is 14.9. The second kappa shape index (κ2) is 5.75. The molecule has 3 atom stereocenters. The maximum absolute atomic E-state index is 11.2. The average molecular weight is 292 g/mol. The molecule has 0 amide bonds. The lowest BCUT2D eigenvalue weighted by Gasteiger charge is -2.25. The van der Waals surface area contributed by atoms with Crippen LogP contribution in [0.4, 0.5) is 0 Å². The van der Waals surface area contributed by atoms with E-state index in [0.717, 1.165) is 31.4 Å². The Hall–Kier alpha value is -1.43. The lowest BCUT2D eigenvalue weighted by molar-refractivity contribution is -0.359. The van der Waals surface area contributed by atoms with Crippen molar-refractivity contribution < 1.29 is 24.0 Å². The Bertz CT molecular complexity index is 529. The SMILES string of the molecule is CC(=O)Oc1ccccc1CC[C@]1(C)OO[C@H]2OCC[C@H]21. The number of carbonyl (C=O) groups excluding carboxylic acids is 1. The Morgan fingerprint density at radius 1 is 1.43 bits per heavy atom. The Balaban J connectivity index is 1.69. The smallest absolute Gasteiger partial charge is 0.308 e. The van der Waals surface area contributed by atoms with Crippen molar-refractivity contribution in [1.29, 1.82) is 0 Å². The molecule has 5 nitrogen and oxygen atoms in total. The minimum Gasteiger partial charge on any atom is -0.426 e. The van der Waals surface area contributed by atoms with E-state index in [9.17, 15) is 4.79 Å². The summed E-state index contributed by atoms with van der Waals surface area (Å²) in [7, 11) is 0. The highest BCUT2D eigenvalue weighted by atomic mass is 17.2. The van der Waals surface area contributed by atoms with E-state index < -0.39 is 0 Å². The molecule has 0 aliphatic carbocycles. The molecule has 0 spiro atoms. The minimum atomic E-state index is -0.357. The van der Waals surface area contributed by atoms with Crippen LogP contribution >= 0.6 is 0 Å². The summed E-state index contributed by atoms with van der Waals surface area (Å²) in [5.41, 5.74) is 0.643. The molecule has 2 heterocycles. The molecule has 0 unspecified atom stereocenters. The number of esters is 1. The Kier molecular flexibility index (Phi) is 3.97. The van der Waals surface area contributed by atoms with E-state index in [-0.39, 0.29) is 23.8 Å². The first-order valence-corrected chi connectivity index (χ1v) is 7.31. The highest BCUT2D eigenvalue weighted by Gasteiger charge is 2.51. The molecule has 21 heavy (non-hydrogen) atoms. The van der Waals surface area contributed by atoms with Gasteiger partial charge in [0, 0.05) is 12.8 Å². The van der Waals surface area contributed by atoms with Crippen LogP contribution in [0.3, 0.4) is 0 Å². The van der Waals surface area contributed by atoms with E-state index in [1.807, 2.05) is 24.3 Å². The fourth-order valence-electron chi connectivity index (χ4n) is 3.05. The summed E-state index contributed by atoms with van der Waals surface area (Å²) in [6.45, 7) is 4.19. The van der Waals surface area contributed by atoms with Gasteiger partial charge in [-0.3, -0.25) is 4.79 Å². The molecular weight excluding hydrogens is 272 g/mol. The highest BCUT2D eigenvalue weighted by molar-refractivity contribution is 5.69. The zero-order valence-corrected chi connectivity index (χ0v) is 12.3. The molecule has 1 aromatic carbocycles. The molecule has 2 saturated heterocycles. The number of aryl methyl sites for hydroxylation is 1. The number of rotatable bonds is 4. The lowest BCUT2D eigenvalue weighted by atomic mass is 9.83. The van der Waals surface area contributed by atoms with Gasteiger partial charge >= 0.3 is 5.97 Å².